The molecule has 1 aromatic rings. The van der Waals surface area contributed by atoms with Gasteiger partial charge in [0.1, 0.15) is 5.75 Å². The number of carbonyl (C=O) groups excluding carboxylic acids is 1. The van der Waals surface area contributed by atoms with E-state index in [9.17, 15) is 9.00 Å². The molecule has 0 saturated carbocycles. The zero-order chi connectivity index (χ0) is 14.3. The highest BCUT2D eigenvalue weighted by Gasteiger charge is 2.23. The second-order valence-corrected chi connectivity index (χ2v) is 7.18. The van der Waals surface area contributed by atoms with E-state index in [-0.39, 0.29) is 11.4 Å². The lowest BCUT2D eigenvalue weighted by Crippen LogP contribution is -2.23. The molecular weight excluding hydrogens is 260 g/mol. The Kier molecular flexibility index (Phi) is 6.22. The van der Waals surface area contributed by atoms with Crippen LogP contribution < -0.4 is 4.74 Å². The number of hydrogen-bond acceptors (Lipinski definition) is 3. The quantitative estimate of drug-likeness (QED) is 0.570. The van der Waals surface area contributed by atoms with Gasteiger partial charge in [0.15, 0.2) is 0 Å². The maximum absolute atomic E-state index is 11.8. The van der Waals surface area contributed by atoms with Gasteiger partial charge in [-0.25, -0.2) is 0 Å². The Balaban J connectivity index is 2.44. The van der Waals surface area contributed by atoms with Gasteiger partial charge in [0.05, 0.1) is 6.42 Å². The fourth-order valence-corrected chi connectivity index (χ4v) is 2.74. The van der Waals surface area contributed by atoms with Gasteiger partial charge in [-0.1, -0.05) is 39.0 Å². The Morgan fingerprint density at radius 2 is 1.89 bits per heavy atom. The zero-order valence-corrected chi connectivity index (χ0v) is 12.7. The largest absolute Gasteiger partial charge is 0.427 e. The van der Waals surface area contributed by atoms with Gasteiger partial charge in [0.2, 0.25) is 0 Å². The Morgan fingerprint density at radius 3 is 2.47 bits per heavy atom. The maximum Gasteiger partial charge on any atom is 0.311 e. The van der Waals surface area contributed by atoms with Crippen LogP contribution in [0.25, 0.3) is 0 Å². The van der Waals surface area contributed by atoms with E-state index >= 15 is 0 Å². The monoisotopic (exact) mass is 282 g/mol. The average Bonchev–Trinajstić information content (AvgIpc) is 2.36. The van der Waals surface area contributed by atoms with E-state index in [0.29, 0.717) is 23.7 Å². The molecule has 0 aliphatic heterocycles. The maximum atomic E-state index is 11.8. The summed E-state index contributed by atoms with van der Waals surface area (Å²) in [5.41, 5.74) is -0.184. The summed E-state index contributed by atoms with van der Waals surface area (Å²) >= 11 is 0. The van der Waals surface area contributed by atoms with Gasteiger partial charge >= 0.3 is 5.97 Å². The summed E-state index contributed by atoms with van der Waals surface area (Å²) in [6, 6.07) is 9.06. The van der Waals surface area contributed by atoms with Crippen molar-refractivity contribution in [3.63, 3.8) is 0 Å². The predicted octanol–water partition coefficient (Wildman–Crippen LogP) is 3.17. The molecule has 0 N–H and O–H groups in total. The summed E-state index contributed by atoms with van der Waals surface area (Å²) in [7, 11) is -0.778. The number of esters is 1. The summed E-state index contributed by atoms with van der Waals surface area (Å²) in [5.74, 6) is 1.64. The average molecular weight is 282 g/mol. The smallest absolute Gasteiger partial charge is 0.311 e. The number of ether oxygens (including phenoxy) is 1. The van der Waals surface area contributed by atoms with Gasteiger partial charge < -0.3 is 4.74 Å². The SMILES string of the molecule is CCS(=O)CCC(C)(C)CC(=O)Oc1ccccc1. The van der Waals surface area contributed by atoms with E-state index in [0.717, 1.165) is 6.42 Å². The molecule has 106 valence electrons. The molecule has 0 radical (unpaired) electrons. The van der Waals surface area contributed by atoms with Crippen molar-refractivity contribution >= 4 is 16.8 Å². The van der Waals surface area contributed by atoms with Crippen molar-refractivity contribution in [1.29, 1.82) is 0 Å². The lowest BCUT2D eigenvalue weighted by molar-refractivity contribution is -0.136. The predicted molar refractivity (Wildman–Crippen MR) is 78.6 cm³/mol. The molecule has 4 heteroatoms. The fraction of sp³-hybridized carbons (Fsp3) is 0.533. The molecule has 3 nitrogen and oxygen atoms in total. The van der Waals surface area contributed by atoms with Crippen LogP contribution in [0.15, 0.2) is 30.3 Å². The van der Waals surface area contributed by atoms with Crippen molar-refractivity contribution in [2.45, 2.75) is 33.6 Å². The van der Waals surface area contributed by atoms with Gasteiger partial charge in [0.25, 0.3) is 0 Å². The summed E-state index contributed by atoms with van der Waals surface area (Å²) in [6.07, 6.45) is 1.10. The molecule has 1 aromatic carbocycles. The van der Waals surface area contributed by atoms with Gasteiger partial charge in [-0.15, -0.1) is 0 Å². The van der Waals surface area contributed by atoms with Crippen LogP contribution in [0.4, 0.5) is 0 Å². The van der Waals surface area contributed by atoms with E-state index < -0.39 is 10.8 Å². The number of carbonyl (C=O) groups is 1. The Hall–Kier alpha value is -1.16. The molecule has 0 saturated heterocycles. The van der Waals surface area contributed by atoms with Crippen LogP contribution in [0.1, 0.15) is 33.6 Å². The van der Waals surface area contributed by atoms with Crippen LogP contribution in [0, 0.1) is 5.41 Å². The molecule has 0 heterocycles. The van der Waals surface area contributed by atoms with E-state index in [2.05, 4.69) is 0 Å². The first-order valence-electron chi connectivity index (χ1n) is 6.53. The third kappa shape index (κ3) is 6.53. The molecule has 0 aliphatic carbocycles. The summed E-state index contributed by atoms with van der Waals surface area (Å²) in [5, 5.41) is 0. The van der Waals surface area contributed by atoms with E-state index in [1.54, 1.807) is 12.1 Å². The lowest BCUT2D eigenvalue weighted by atomic mass is 9.86. The first-order valence-corrected chi connectivity index (χ1v) is 8.02. The Labute approximate surface area is 117 Å². The topological polar surface area (TPSA) is 43.4 Å². The minimum Gasteiger partial charge on any atom is -0.427 e. The lowest BCUT2D eigenvalue weighted by Gasteiger charge is -2.22. The first-order chi connectivity index (χ1) is 8.93. The van der Waals surface area contributed by atoms with Gasteiger partial charge in [-0.3, -0.25) is 9.00 Å². The summed E-state index contributed by atoms with van der Waals surface area (Å²) < 4.78 is 16.7. The van der Waals surface area contributed by atoms with Crippen molar-refractivity contribution in [3.05, 3.63) is 30.3 Å². The normalized spacial score (nSPS) is 13.0. The van der Waals surface area contributed by atoms with Crippen molar-refractivity contribution in [3.8, 4) is 5.75 Å². The van der Waals surface area contributed by atoms with Crippen LogP contribution in [-0.2, 0) is 15.6 Å². The van der Waals surface area contributed by atoms with Gasteiger partial charge in [-0.2, -0.15) is 0 Å². The molecule has 0 bridgehead atoms. The number of para-hydroxylation sites is 1. The van der Waals surface area contributed by atoms with Crippen LogP contribution in [0.3, 0.4) is 0 Å². The Morgan fingerprint density at radius 1 is 1.26 bits per heavy atom. The van der Waals surface area contributed by atoms with E-state index in [1.165, 1.54) is 0 Å². The van der Waals surface area contributed by atoms with E-state index in [4.69, 9.17) is 4.74 Å². The third-order valence-corrected chi connectivity index (χ3v) is 4.23. The van der Waals surface area contributed by atoms with Crippen molar-refractivity contribution < 1.29 is 13.7 Å². The molecule has 1 unspecified atom stereocenters. The zero-order valence-electron chi connectivity index (χ0n) is 11.8. The summed E-state index contributed by atoms with van der Waals surface area (Å²) in [6.45, 7) is 5.92. The van der Waals surface area contributed by atoms with Gasteiger partial charge in [-0.05, 0) is 24.0 Å². The highest BCUT2D eigenvalue weighted by atomic mass is 32.2. The fourth-order valence-electron chi connectivity index (χ4n) is 1.67. The second-order valence-electron chi connectivity index (χ2n) is 5.31. The minimum atomic E-state index is -0.778. The Bertz CT molecular complexity index is 426. The van der Waals surface area contributed by atoms with Crippen LogP contribution >= 0.6 is 0 Å². The third-order valence-electron chi connectivity index (χ3n) is 2.93. The second kappa shape index (κ2) is 7.43. The number of hydrogen-bond donors (Lipinski definition) is 0. The van der Waals surface area contributed by atoms with E-state index in [1.807, 2.05) is 39.0 Å². The number of rotatable bonds is 7. The molecule has 0 spiro atoms. The van der Waals surface area contributed by atoms with Crippen molar-refractivity contribution in [2.75, 3.05) is 11.5 Å². The van der Waals surface area contributed by atoms with Crippen molar-refractivity contribution in [1.82, 2.24) is 0 Å². The van der Waals surface area contributed by atoms with Gasteiger partial charge in [0, 0.05) is 22.3 Å². The van der Waals surface area contributed by atoms with Crippen molar-refractivity contribution in [2.24, 2.45) is 5.41 Å². The molecule has 1 rings (SSSR count). The number of benzene rings is 1. The van der Waals surface area contributed by atoms with Crippen LogP contribution in [-0.4, -0.2) is 21.7 Å². The molecule has 1 atom stereocenters. The molecule has 19 heavy (non-hydrogen) atoms. The van der Waals surface area contributed by atoms with Crippen LogP contribution in [0.5, 0.6) is 5.75 Å². The minimum absolute atomic E-state index is 0.184. The standard InChI is InChI=1S/C15H22O3S/c1-4-19(17)11-10-15(2,3)12-14(16)18-13-8-6-5-7-9-13/h5-9H,4,10-12H2,1-3H3. The summed E-state index contributed by atoms with van der Waals surface area (Å²) in [4.78, 5) is 11.8. The van der Waals surface area contributed by atoms with Crippen LogP contribution in [0.2, 0.25) is 0 Å². The highest BCUT2D eigenvalue weighted by molar-refractivity contribution is 7.84. The highest BCUT2D eigenvalue weighted by Crippen LogP contribution is 2.26. The molecule has 0 fully saturated rings. The molecular formula is C15H22O3S. The molecule has 0 aliphatic rings. The molecule has 0 aromatic heterocycles. The molecule has 0 amide bonds. The first kappa shape index (κ1) is 15.9.